The fraction of sp³-hybridized carbons (Fsp3) is 0.333. The molecule has 12 heavy (non-hydrogen) atoms. The Balaban J connectivity index is 2.72. The van der Waals surface area contributed by atoms with E-state index in [9.17, 15) is 4.39 Å². The average molecular weight is 296 g/mol. The Labute approximate surface area is 88.4 Å². The summed E-state index contributed by atoms with van der Waals surface area (Å²) in [7, 11) is 0. The van der Waals surface area contributed by atoms with Crippen molar-refractivity contribution in [3.8, 4) is 0 Å². The third-order valence-electron chi connectivity index (χ3n) is 1.52. The molecular weight excluding hydrogens is 287 g/mol. The van der Waals surface area contributed by atoms with Crippen LogP contribution in [0.5, 0.6) is 0 Å². The zero-order valence-electron chi connectivity index (χ0n) is 6.49. The lowest BCUT2D eigenvalue weighted by atomic mass is 10.1. The van der Waals surface area contributed by atoms with Crippen molar-refractivity contribution in [3.63, 3.8) is 0 Å². The van der Waals surface area contributed by atoms with Gasteiger partial charge in [-0.1, -0.05) is 31.9 Å². The van der Waals surface area contributed by atoms with E-state index in [1.807, 2.05) is 6.07 Å². The number of aryl methyl sites for hydroxylation is 1. The van der Waals surface area contributed by atoms with E-state index in [0.717, 1.165) is 28.2 Å². The zero-order chi connectivity index (χ0) is 8.97. The summed E-state index contributed by atoms with van der Waals surface area (Å²) in [5, 5.41) is 0.959. The molecule has 0 unspecified atom stereocenters. The van der Waals surface area contributed by atoms with Crippen LogP contribution in [0, 0.1) is 5.82 Å². The van der Waals surface area contributed by atoms with Crippen molar-refractivity contribution in [2.75, 3.05) is 5.33 Å². The van der Waals surface area contributed by atoms with Crippen LogP contribution in [0.4, 0.5) is 4.39 Å². The molecule has 66 valence electrons. The lowest BCUT2D eigenvalue weighted by Crippen LogP contribution is -1.87. The third kappa shape index (κ3) is 3.23. The second-order valence-electron chi connectivity index (χ2n) is 2.57. The van der Waals surface area contributed by atoms with Gasteiger partial charge < -0.3 is 0 Å². The highest BCUT2D eigenvalue weighted by molar-refractivity contribution is 9.10. The fourth-order valence-electron chi connectivity index (χ4n) is 1.03. The molecular formula is C9H9Br2F. The van der Waals surface area contributed by atoms with E-state index in [0.29, 0.717) is 0 Å². The first-order chi connectivity index (χ1) is 5.72. The Bertz CT molecular complexity index is 240. The van der Waals surface area contributed by atoms with E-state index in [-0.39, 0.29) is 5.82 Å². The quantitative estimate of drug-likeness (QED) is 0.742. The number of hydrogen-bond donors (Lipinski definition) is 0. The SMILES string of the molecule is Fc1cc(Br)cc(CCCBr)c1. The van der Waals surface area contributed by atoms with Crippen molar-refractivity contribution in [2.45, 2.75) is 12.8 Å². The molecule has 0 spiro atoms. The lowest BCUT2D eigenvalue weighted by Gasteiger charge is -2.00. The molecule has 0 amide bonds. The van der Waals surface area contributed by atoms with E-state index >= 15 is 0 Å². The van der Waals surface area contributed by atoms with Crippen LogP contribution in [-0.4, -0.2) is 5.33 Å². The van der Waals surface area contributed by atoms with Crippen LogP contribution in [0.3, 0.4) is 0 Å². The van der Waals surface area contributed by atoms with Crippen molar-refractivity contribution >= 4 is 31.9 Å². The van der Waals surface area contributed by atoms with Gasteiger partial charge in [0.2, 0.25) is 0 Å². The number of benzene rings is 1. The van der Waals surface area contributed by atoms with Crippen molar-refractivity contribution in [1.82, 2.24) is 0 Å². The van der Waals surface area contributed by atoms with Gasteiger partial charge in [-0.15, -0.1) is 0 Å². The van der Waals surface area contributed by atoms with Crippen molar-refractivity contribution in [3.05, 3.63) is 34.1 Å². The molecule has 0 N–H and O–H groups in total. The first-order valence-electron chi connectivity index (χ1n) is 3.73. The molecule has 0 bridgehead atoms. The molecule has 0 saturated carbocycles. The molecule has 0 nitrogen and oxygen atoms in total. The van der Waals surface area contributed by atoms with Crippen LogP contribution in [-0.2, 0) is 6.42 Å². The normalized spacial score (nSPS) is 10.2. The maximum absolute atomic E-state index is 12.8. The van der Waals surface area contributed by atoms with E-state index < -0.39 is 0 Å². The van der Waals surface area contributed by atoms with Gasteiger partial charge in [0.05, 0.1) is 0 Å². The van der Waals surface area contributed by atoms with E-state index in [1.165, 1.54) is 6.07 Å². The largest absolute Gasteiger partial charge is 0.207 e. The summed E-state index contributed by atoms with van der Waals surface area (Å²) in [5.41, 5.74) is 1.04. The number of hydrogen-bond acceptors (Lipinski definition) is 0. The van der Waals surface area contributed by atoms with Crippen LogP contribution in [0.1, 0.15) is 12.0 Å². The summed E-state index contributed by atoms with van der Waals surface area (Å²) in [6, 6.07) is 5.00. The van der Waals surface area contributed by atoms with Crippen LogP contribution in [0.2, 0.25) is 0 Å². The molecule has 0 heterocycles. The summed E-state index contributed by atoms with van der Waals surface area (Å²) < 4.78 is 13.6. The molecule has 1 rings (SSSR count). The molecule has 1 aromatic carbocycles. The molecule has 1 aromatic rings. The van der Waals surface area contributed by atoms with Crippen LogP contribution in [0.25, 0.3) is 0 Å². The maximum atomic E-state index is 12.8. The minimum absolute atomic E-state index is 0.172. The molecule has 0 radical (unpaired) electrons. The maximum Gasteiger partial charge on any atom is 0.124 e. The van der Waals surface area contributed by atoms with Gasteiger partial charge in [-0.2, -0.15) is 0 Å². The number of rotatable bonds is 3. The first-order valence-corrected chi connectivity index (χ1v) is 5.65. The highest BCUT2D eigenvalue weighted by Gasteiger charge is 1.98. The summed E-state index contributed by atoms with van der Waals surface area (Å²) in [5.74, 6) is -0.172. The Morgan fingerprint density at radius 3 is 2.58 bits per heavy atom. The van der Waals surface area contributed by atoms with Gasteiger partial charge in [-0.25, -0.2) is 4.39 Å². The Hall–Kier alpha value is 0.110. The summed E-state index contributed by atoms with van der Waals surface area (Å²) >= 11 is 6.59. The summed E-state index contributed by atoms with van der Waals surface area (Å²) in [4.78, 5) is 0. The molecule has 0 aliphatic carbocycles. The Morgan fingerprint density at radius 1 is 1.25 bits per heavy atom. The molecule has 0 fully saturated rings. The van der Waals surface area contributed by atoms with Gasteiger partial charge in [0, 0.05) is 9.80 Å². The van der Waals surface area contributed by atoms with Crippen molar-refractivity contribution in [1.29, 1.82) is 0 Å². The van der Waals surface area contributed by atoms with Crippen molar-refractivity contribution < 1.29 is 4.39 Å². The van der Waals surface area contributed by atoms with Gasteiger partial charge in [-0.3, -0.25) is 0 Å². The van der Waals surface area contributed by atoms with E-state index in [2.05, 4.69) is 31.9 Å². The monoisotopic (exact) mass is 294 g/mol. The molecule has 0 aliphatic heterocycles. The van der Waals surface area contributed by atoms with Crippen molar-refractivity contribution in [2.24, 2.45) is 0 Å². The average Bonchev–Trinajstić information content (AvgIpc) is 1.99. The highest BCUT2D eigenvalue weighted by Crippen LogP contribution is 2.16. The topological polar surface area (TPSA) is 0 Å². The first kappa shape index (κ1) is 10.2. The van der Waals surface area contributed by atoms with Gasteiger partial charge in [0.15, 0.2) is 0 Å². The highest BCUT2D eigenvalue weighted by atomic mass is 79.9. The Kier molecular flexibility index (Phi) is 4.22. The number of alkyl halides is 1. The predicted octanol–water partition coefficient (Wildman–Crippen LogP) is 3.92. The van der Waals surface area contributed by atoms with E-state index in [4.69, 9.17) is 0 Å². The lowest BCUT2D eigenvalue weighted by molar-refractivity contribution is 0.624. The van der Waals surface area contributed by atoms with Crippen LogP contribution in [0.15, 0.2) is 22.7 Å². The third-order valence-corrected chi connectivity index (χ3v) is 2.54. The van der Waals surface area contributed by atoms with E-state index in [1.54, 1.807) is 6.07 Å². The second kappa shape index (κ2) is 4.97. The smallest absolute Gasteiger partial charge is 0.124 e. The standard InChI is InChI=1S/C9H9Br2F/c10-3-1-2-7-4-8(11)6-9(12)5-7/h4-6H,1-3H2. The van der Waals surface area contributed by atoms with Gasteiger partial charge in [-0.05, 0) is 36.6 Å². The Morgan fingerprint density at radius 2 is 2.00 bits per heavy atom. The second-order valence-corrected chi connectivity index (χ2v) is 4.28. The van der Waals surface area contributed by atoms with Gasteiger partial charge in [0.25, 0.3) is 0 Å². The molecule has 0 saturated heterocycles. The fourth-order valence-corrected chi connectivity index (χ4v) is 1.82. The molecule has 3 heteroatoms. The van der Waals surface area contributed by atoms with Crippen LogP contribution < -0.4 is 0 Å². The van der Waals surface area contributed by atoms with Crippen LogP contribution >= 0.6 is 31.9 Å². The molecule has 0 atom stereocenters. The molecule has 0 aliphatic rings. The minimum Gasteiger partial charge on any atom is -0.207 e. The summed E-state index contributed by atoms with van der Waals surface area (Å²) in [6.45, 7) is 0. The van der Waals surface area contributed by atoms with Gasteiger partial charge in [0.1, 0.15) is 5.82 Å². The molecule has 0 aromatic heterocycles. The van der Waals surface area contributed by atoms with Gasteiger partial charge >= 0.3 is 0 Å². The predicted molar refractivity (Wildman–Crippen MR) is 56.2 cm³/mol. The zero-order valence-corrected chi connectivity index (χ0v) is 9.66. The minimum atomic E-state index is -0.172. The summed E-state index contributed by atoms with van der Waals surface area (Å²) in [6.07, 6.45) is 1.96. The number of halogens is 3.